The molecule has 2 aromatic carbocycles. The standard InChI is InChI=1S/C25H19F3N2O5/c1-14-13-17(34-2)10-11-18(14)22(31)20-21(19-5-3-4-12-29-19)30(24(33)23(20)32)15-6-8-16(9-7-15)35-25(26,27)28/h3-13,21,31H,1-2H3/b22-20-. The Morgan fingerprint density at radius 2 is 1.71 bits per heavy atom. The number of ketones is 1. The molecule has 1 aliphatic rings. The number of benzene rings is 2. The lowest BCUT2D eigenvalue weighted by molar-refractivity contribution is -0.274. The highest BCUT2D eigenvalue weighted by molar-refractivity contribution is 6.51. The van der Waals surface area contributed by atoms with Crippen molar-refractivity contribution in [1.82, 2.24) is 4.98 Å². The second-order valence-corrected chi connectivity index (χ2v) is 7.65. The van der Waals surface area contributed by atoms with Crippen LogP contribution in [0.2, 0.25) is 0 Å². The molecule has 0 bridgehead atoms. The number of halogens is 3. The molecule has 1 aliphatic heterocycles. The van der Waals surface area contributed by atoms with E-state index >= 15 is 0 Å². The molecule has 0 radical (unpaired) electrons. The van der Waals surface area contributed by atoms with Crippen molar-refractivity contribution in [2.45, 2.75) is 19.3 Å². The van der Waals surface area contributed by atoms with Gasteiger partial charge in [0.05, 0.1) is 18.4 Å². The monoisotopic (exact) mass is 484 g/mol. The quantitative estimate of drug-likeness (QED) is 0.314. The normalized spacial score (nSPS) is 17.5. The zero-order valence-corrected chi connectivity index (χ0v) is 18.5. The van der Waals surface area contributed by atoms with Gasteiger partial charge in [-0.05, 0) is 67.1 Å². The van der Waals surface area contributed by atoms with Crippen LogP contribution >= 0.6 is 0 Å². The summed E-state index contributed by atoms with van der Waals surface area (Å²) in [5.74, 6) is -2.26. The number of alkyl halides is 3. The third-order valence-electron chi connectivity index (χ3n) is 5.45. The summed E-state index contributed by atoms with van der Waals surface area (Å²) in [6, 6.07) is 13.1. The molecule has 1 amide bonds. The number of methoxy groups -OCH3 is 1. The summed E-state index contributed by atoms with van der Waals surface area (Å²) in [7, 11) is 1.49. The summed E-state index contributed by atoms with van der Waals surface area (Å²) in [6.45, 7) is 1.71. The molecule has 0 saturated carbocycles. The topological polar surface area (TPSA) is 89.0 Å². The number of amides is 1. The van der Waals surface area contributed by atoms with Gasteiger partial charge >= 0.3 is 6.36 Å². The lowest BCUT2D eigenvalue weighted by Gasteiger charge is -2.25. The van der Waals surface area contributed by atoms with Crippen LogP contribution in [0.15, 0.2) is 72.4 Å². The highest BCUT2D eigenvalue weighted by Crippen LogP contribution is 2.42. The molecule has 1 fully saturated rings. The number of carbonyl (C=O) groups is 2. The highest BCUT2D eigenvalue weighted by Gasteiger charge is 2.47. The van der Waals surface area contributed by atoms with Crippen molar-refractivity contribution in [1.29, 1.82) is 0 Å². The molecular formula is C25H19F3N2O5. The van der Waals surface area contributed by atoms with E-state index in [1.54, 1.807) is 43.3 Å². The molecule has 35 heavy (non-hydrogen) atoms. The van der Waals surface area contributed by atoms with Crippen molar-refractivity contribution in [3.8, 4) is 11.5 Å². The second-order valence-electron chi connectivity index (χ2n) is 7.65. The Morgan fingerprint density at radius 3 is 2.29 bits per heavy atom. The smallest absolute Gasteiger partial charge is 0.507 e. The molecule has 3 aromatic rings. The molecular weight excluding hydrogens is 465 g/mol. The van der Waals surface area contributed by atoms with Crippen LogP contribution in [0.5, 0.6) is 11.5 Å². The number of aryl methyl sites for hydroxylation is 1. The number of aromatic nitrogens is 1. The van der Waals surface area contributed by atoms with Crippen LogP contribution in [0.4, 0.5) is 18.9 Å². The third-order valence-corrected chi connectivity index (χ3v) is 5.45. The number of hydrogen-bond donors (Lipinski definition) is 1. The number of hydrogen-bond acceptors (Lipinski definition) is 6. The number of aliphatic hydroxyl groups excluding tert-OH is 1. The van der Waals surface area contributed by atoms with Crippen molar-refractivity contribution < 1.29 is 37.3 Å². The van der Waals surface area contributed by atoms with E-state index in [0.717, 1.165) is 17.0 Å². The van der Waals surface area contributed by atoms with E-state index < -0.39 is 35.6 Å². The average molecular weight is 484 g/mol. The van der Waals surface area contributed by atoms with E-state index in [1.807, 2.05) is 0 Å². The van der Waals surface area contributed by atoms with E-state index in [1.165, 1.54) is 25.4 Å². The van der Waals surface area contributed by atoms with Crippen LogP contribution in [0, 0.1) is 6.92 Å². The number of rotatable bonds is 5. The van der Waals surface area contributed by atoms with Gasteiger partial charge in [-0.15, -0.1) is 13.2 Å². The van der Waals surface area contributed by atoms with E-state index in [4.69, 9.17) is 4.74 Å². The maximum atomic E-state index is 13.1. The zero-order valence-electron chi connectivity index (χ0n) is 18.5. The third kappa shape index (κ3) is 4.68. The summed E-state index contributed by atoms with van der Waals surface area (Å²) in [6.07, 6.45) is -3.41. The van der Waals surface area contributed by atoms with Gasteiger partial charge in [0, 0.05) is 17.4 Å². The average Bonchev–Trinajstić information content (AvgIpc) is 3.09. The summed E-state index contributed by atoms with van der Waals surface area (Å²) < 4.78 is 46.7. The van der Waals surface area contributed by atoms with Crippen LogP contribution in [-0.4, -0.2) is 35.3 Å². The molecule has 4 rings (SSSR count). The zero-order chi connectivity index (χ0) is 25.3. The van der Waals surface area contributed by atoms with Crippen LogP contribution in [0.25, 0.3) is 5.76 Å². The highest BCUT2D eigenvalue weighted by atomic mass is 19.4. The number of anilines is 1. The number of nitrogens with zero attached hydrogens (tertiary/aromatic N) is 2. The first-order valence-corrected chi connectivity index (χ1v) is 10.3. The minimum Gasteiger partial charge on any atom is -0.507 e. The molecule has 10 heteroatoms. The van der Waals surface area contributed by atoms with Gasteiger partial charge < -0.3 is 14.6 Å². The Balaban J connectivity index is 1.85. The molecule has 1 unspecified atom stereocenters. The summed E-state index contributed by atoms with van der Waals surface area (Å²) in [5.41, 5.74) is 1.13. The number of pyridine rings is 1. The first kappa shape index (κ1) is 23.8. The Bertz CT molecular complexity index is 1300. The SMILES string of the molecule is COc1ccc(/C(O)=C2/C(=O)C(=O)N(c3ccc(OC(F)(F)F)cc3)C2c2ccccn2)c(C)c1. The van der Waals surface area contributed by atoms with Gasteiger partial charge in [-0.3, -0.25) is 19.5 Å². The minimum absolute atomic E-state index is 0.128. The number of Topliss-reactive ketones (excluding diaryl/α,β-unsaturated/α-hetero) is 1. The van der Waals surface area contributed by atoms with Gasteiger partial charge in [-0.1, -0.05) is 6.07 Å². The van der Waals surface area contributed by atoms with E-state index in [2.05, 4.69) is 9.72 Å². The Morgan fingerprint density at radius 1 is 1.03 bits per heavy atom. The minimum atomic E-state index is -4.88. The first-order valence-electron chi connectivity index (χ1n) is 10.3. The van der Waals surface area contributed by atoms with Gasteiger partial charge in [0.25, 0.3) is 11.7 Å². The Labute approximate surface area is 198 Å². The fraction of sp³-hybridized carbons (Fsp3) is 0.160. The number of aliphatic hydroxyl groups is 1. The van der Waals surface area contributed by atoms with Crippen molar-refractivity contribution in [2.24, 2.45) is 0 Å². The number of carbonyl (C=O) groups excluding carboxylic acids is 2. The van der Waals surface area contributed by atoms with Crippen LogP contribution < -0.4 is 14.4 Å². The van der Waals surface area contributed by atoms with E-state index in [9.17, 15) is 27.9 Å². The lowest BCUT2D eigenvalue weighted by Crippen LogP contribution is -2.29. The first-order chi connectivity index (χ1) is 16.6. The molecule has 180 valence electrons. The maximum Gasteiger partial charge on any atom is 0.573 e. The van der Waals surface area contributed by atoms with Crippen molar-refractivity contribution >= 4 is 23.1 Å². The van der Waals surface area contributed by atoms with Gasteiger partial charge in [-0.2, -0.15) is 0 Å². The summed E-state index contributed by atoms with van der Waals surface area (Å²) in [4.78, 5) is 31.6. The summed E-state index contributed by atoms with van der Waals surface area (Å²) in [5, 5.41) is 11.2. The Kier molecular flexibility index (Phi) is 6.21. The predicted octanol–water partition coefficient (Wildman–Crippen LogP) is 4.92. The number of ether oxygens (including phenoxy) is 2. The van der Waals surface area contributed by atoms with E-state index in [0.29, 0.717) is 16.9 Å². The van der Waals surface area contributed by atoms with Crippen molar-refractivity contribution in [3.05, 3.63) is 89.3 Å². The van der Waals surface area contributed by atoms with Crippen LogP contribution in [0.1, 0.15) is 22.9 Å². The maximum absolute atomic E-state index is 13.1. The van der Waals surface area contributed by atoms with Gasteiger partial charge in [0.1, 0.15) is 23.3 Å². The van der Waals surface area contributed by atoms with Crippen LogP contribution in [0.3, 0.4) is 0 Å². The second kappa shape index (κ2) is 9.13. The summed E-state index contributed by atoms with van der Waals surface area (Å²) >= 11 is 0. The molecule has 0 aliphatic carbocycles. The largest absolute Gasteiger partial charge is 0.573 e. The molecule has 1 aromatic heterocycles. The molecule has 0 spiro atoms. The van der Waals surface area contributed by atoms with Crippen LogP contribution in [-0.2, 0) is 9.59 Å². The Hall–Kier alpha value is -4.34. The molecule has 1 N–H and O–H groups in total. The molecule has 1 atom stereocenters. The molecule has 7 nitrogen and oxygen atoms in total. The fourth-order valence-electron chi connectivity index (χ4n) is 3.90. The van der Waals surface area contributed by atoms with Gasteiger partial charge in [0.2, 0.25) is 0 Å². The van der Waals surface area contributed by atoms with E-state index in [-0.39, 0.29) is 17.0 Å². The lowest BCUT2D eigenvalue weighted by atomic mass is 9.96. The molecule has 2 heterocycles. The van der Waals surface area contributed by atoms with Crippen molar-refractivity contribution in [3.63, 3.8) is 0 Å². The van der Waals surface area contributed by atoms with Gasteiger partial charge in [-0.25, -0.2) is 0 Å². The van der Waals surface area contributed by atoms with Gasteiger partial charge in [0.15, 0.2) is 0 Å². The van der Waals surface area contributed by atoms with Crippen molar-refractivity contribution in [2.75, 3.05) is 12.0 Å². The molecule has 1 saturated heterocycles. The predicted molar refractivity (Wildman–Crippen MR) is 120 cm³/mol. The fourth-order valence-corrected chi connectivity index (χ4v) is 3.90.